The Morgan fingerprint density at radius 3 is 2.61 bits per heavy atom. The Kier molecular flexibility index (Phi) is 6.50. The fourth-order valence-corrected chi connectivity index (χ4v) is 1.99. The van der Waals surface area contributed by atoms with E-state index >= 15 is 0 Å². The van der Waals surface area contributed by atoms with Crippen LogP contribution < -0.4 is 10.6 Å². The number of hydrogen-bond acceptors (Lipinski definition) is 4. The second-order valence-electron chi connectivity index (χ2n) is 4.98. The van der Waals surface area contributed by atoms with Crippen molar-refractivity contribution in [2.24, 2.45) is 0 Å². The molecule has 5 nitrogen and oxygen atoms in total. The summed E-state index contributed by atoms with van der Waals surface area (Å²) in [6, 6.07) is 9.71. The van der Waals surface area contributed by atoms with Crippen molar-refractivity contribution in [3.05, 3.63) is 59.7 Å². The third kappa shape index (κ3) is 5.67. The minimum atomic E-state index is -0.263. The summed E-state index contributed by atoms with van der Waals surface area (Å²) in [6.45, 7) is 1.76. The Morgan fingerprint density at radius 2 is 1.96 bits per heavy atom. The number of pyridine rings is 1. The van der Waals surface area contributed by atoms with E-state index in [4.69, 9.17) is 4.74 Å². The summed E-state index contributed by atoms with van der Waals surface area (Å²) in [5.74, 6) is -0.489. The highest BCUT2D eigenvalue weighted by Crippen LogP contribution is 2.06. The lowest BCUT2D eigenvalue weighted by Crippen LogP contribution is -2.26. The van der Waals surface area contributed by atoms with Crippen LogP contribution in [0.3, 0.4) is 0 Å². The maximum Gasteiger partial charge on any atom is 0.269 e. The summed E-state index contributed by atoms with van der Waals surface area (Å²) in [4.78, 5) is 16.1. The minimum Gasteiger partial charge on any atom is -0.383 e. The van der Waals surface area contributed by atoms with Crippen LogP contribution in [0.1, 0.15) is 16.1 Å². The third-order valence-corrected chi connectivity index (χ3v) is 3.24. The van der Waals surface area contributed by atoms with Gasteiger partial charge < -0.3 is 15.4 Å². The molecule has 0 fully saturated rings. The lowest BCUT2D eigenvalue weighted by Gasteiger charge is -2.07. The van der Waals surface area contributed by atoms with Gasteiger partial charge in [0.05, 0.1) is 18.5 Å². The molecular formula is C17H20FN3O2. The number of amides is 1. The van der Waals surface area contributed by atoms with Crippen molar-refractivity contribution in [2.75, 3.05) is 32.1 Å². The summed E-state index contributed by atoms with van der Waals surface area (Å²) < 4.78 is 17.7. The number of nitrogens with zero attached hydrogens (tertiary/aromatic N) is 1. The monoisotopic (exact) mass is 317 g/mol. The average Bonchev–Trinajstić information content (AvgIpc) is 2.57. The van der Waals surface area contributed by atoms with Gasteiger partial charge in [0.25, 0.3) is 5.91 Å². The van der Waals surface area contributed by atoms with Crippen LogP contribution in [0, 0.1) is 5.82 Å². The number of anilines is 1. The fourth-order valence-electron chi connectivity index (χ4n) is 1.99. The van der Waals surface area contributed by atoms with E-state index in [0.29, 0.717) is 31.8 Å². The van der Waals surface area contributed by atoms with Crippen LogP contribution >= 0.6 is 0 Å². The van der Waals surface area contributed by atoms with Gasteiger partial charge in [-0.3, -0.25) is 4.79 Å². The van der Waals surface area contributed by atoms with Crippen molar-refractivity contribution >= 4 is 11.6 Å². The van der Waals surface area contributed by atoms with E-state index in [1.165, 1.54) is 12.1 Å². The van der Waals surface area contributed by atoms with Gasteiger partial charge in [-0.1, -0.05) is 12.1 Å². The van der Waals surface area contributed by atoms with Crippen molar-refractivity contribution in [3.63, 3.8) is 0 Å². The normalized spacial score (nSPS) is 10.3. The second kappa shape index (κ2) is 8.85. The number of aromatic nitrogens is 1. The van der Waals surface area contributed by atoms with E-state index in [1.807, 2.05) is 0 Å². The van der Waals surface area contributed by atoms with Crippen LogP contribution in [-0.2, 0) is 11.2 Å². The van der Waals surface area contributed by atoms with Crippen molar-refractivity contribution in [1.82, 2.24) is 10.3 Å². The van der Waals surface area contributed by atoms with Gasteiger partial charge >= 0.3 is 0 Å². The molecule has 0 bridgehead atoms. The average molecular weight is 317 g/mol. The number of carbonyl (C=O) groups is 1. The molecule has 2 rings (SSSR count). The van der Waals surface area contributed by atoms with Gasteiger partial charge in [-0.2, -0.15) is 0 Å². The molecule has 122 valence electrons. The van der Waals surface area contributed by atoms with Crippen LogP contribution in [0.2, 0.25) is 0 Å². The van der Waals surface area contributed by atoms with Gasteiger partial charge in [-0.05, 0) is 36.2 Å². The lowest BCUT2D eigenvalue weighted by atomic mass is 10.1. The third-order valence-electron chi connectivity index (χ3n) is 3.24. The molecule has 1 aromatic carbocycles. The first-order valence-corrected chi connectivity index (χ1v) is 7.40. The number of ether oxygens (including phenoxy) is 1. The number of nitrogens with one attached hydrogen (secondary N) is 2. The Hall–Kier alpha value is -2.47. The molecule has 0 aliphatic rings. The molecule has 0 spiro atoms. The zero-order valence-electron chi connectivity index (χ0n) is 13.0. The molecular weight excluding hydrogens is 297 g/mol. The first-order valence-electron chi connectivity index (χ1n) is 7.40. The van der Waals surface area contributed by atoms with Crippen LogP contribution in [0.5, 0.6) is 0 Å². The topological polar surface area (TPSA) is 63.2 Å². The molecule has 2 aromatic rings. The van der Waals surface area contributed by atoms with E-state index in [0.717, 1.165) is 11.3 Å². The Balaban J connectivity index is 1.77. The highest BCUT2D eigenvalue weighted by molar-refractivity contribution is 5.92. The standard InChI is InChI=1S/C17H20FN3O2/c1-23-11-10-19-15-6-7-16(21-12-15)17(22)20-9-8-13-2-4-14(18)5-3-13/h2-7,12,19H,8-11H2,1H3,(H,20,22). The maximum absolute atomic E-state index is 12.8. The number of rotatable bonds is 8. The molecule has 1 amide bonds. The molecule has 2 N–H and O–H groups in total. The maximum atomic E-state index is 12.8. The first-order chi connectivity index (χ1) is 11.2. The van der Waals surface area contributed by atoms with E-state index < -0.39 is 0 Å². The zero-order valence-corrected chi connectivity index (χ0v) is 13.0. The summed E-state index contributed by atoms with van der Waals surface area (Å²) in [6.07, 6.45) is 2.26. The zero-order chi connectivity index (χ0) is 16.5. The van der Waals surface area contributed by atoms with Gasteiger partial charge in [-0.25, -0.2) is 9.37 Å². The number of benzene rings is 1. The molecule has 0 saturated carbocycles. The Bertz CT molecular complexity index is 615. The quantitative estimate of drug-likeness (QED) is 0.733. The minimum absolute atomic E-state index is 0.226. The van der Waals surface area contributed by atoms with Crippen LogP contribution in [0.25, 0.3) is 0 Å². The molecule has 0 aliphatic heterocycles. The smallest absolute Gasteiger partial charge is 0.269 e. The van der Waals surface area contributed by atoms with Crippen molar-refractivity contribution in [1.29, 1.82) is 0 Å². The summed E-state index contributed by atoms with van der Waals surface area (Å²) >= 11 is 0. The largest absolute Gasteiger partial charge is 0.383 e. The predicted octanol–water partition coefficient (Wildman–Crippen LogP) is 2.25. The molecule has 0 radical (unpaired) electrons. The SMILES string of the molecule is COCCNc1ccc(C(=O)NCCc2ccc(F)cc2)nc1. The number of hydrogen-bond donors (Lipinski definition) is 2. The van der Waals surface area contributed by atoms with Gasteiger partial charge in [0.2, 0.25) is 0 Å². The highest BCUT2D eigenvalue weighted by Gasteiger charge is 2.06. The lowest BCUT2D eigenvalue weighted by molar-refractivity contribution is 0.0949. The van der Waals surface area contributed by atoms with Crippen LogP contribution in [0.4, 0.5) is 10.1 Å². The summed E-state index contributed by atoms with van der Waals surface area (Å²) in [7, 11) is 1.64. The van der Waals surface area contributed by atoms with Gasteiger partial charge in [0, 0.05) is 20.2 Å². The fraction of sp³-hybridized carbons (Fsp3) is 0.294. The van der Waals surface area contributed by atoms with Crippen molar-refractivity contribution in [2.45, 2.75) is 6.42 Å². The highest BCUT2D eigenvalue weighted by atomic mass is 19.1. The van der Waals surface area contributed by atoms with Crippen molar-refractivity contribution < 1.29 is 13.9 Å². The summed E-state index contributed by atoms with van der Waals surface area (Å²) in [5, 5.41) is 5.93. The number of methoxy groups -OCH3 is 1. The molecule has 6 heteroatoms. The number of carbonyl (C=O) groups excluding carboxylic acids is 1. The number of halogens is 1. The van der Waals surface area contributed by atoms with Gasteiger partial charge in [-0.15, -0.1) is 0 Å². The molecule has 0 saturated heterocycles. The van der Waals surface area contributed by atoms with Crippen LogP contribution in [0.15, 0.2) is 42.6 Å². The molecule has 0 unspecified atom stereocenters. The molecule has 1 heterocycles. The predicted molar refractivity (Wildman–Crippen MR) is 87.0 cm³/mol. The van der Waals surface area contributed by atoms with E-state index in [9.17, 15) is 9.18 Å². The molecule has 0 atom stereocenters. The van der Waals surface area contributed by atoms with E-state index in [1.54, 1.807) is 37.6 Å². The molecule has 0 aliphatic carbocycles. The molecule has 1 aromatic heterocycles. The van der Waals surface area contributed by atoms with Crippen LogP contribution in [-0.4, -0.2) is 37.7 Å². The Labute approximate surface area is 134 Å². The molecule has 23 heavy (non-hydrogen) atoms. The first kappa shape index (κ1) is 16.9. The van der Waals surface area contributed by atoms with Crippen molar-refractivity contribution in [3.8, 4) is 0 Å². The van der Waals surface area contributed by atoms with Gasteiger partial charge in [0.1, 0.15) is 11.5 Å². The second-order valence-corrected chi connectivity index (χ2v) is 4.98. The van der Waals surface area contributed by atoms with Gasteiger partial charge in [0.15, 0.2) is 0 Å². The van der Waals surface area contributed by atoms with E-state index in [2.05, 4.69) is 15.6 Å². The summed E-state index contributed by atoms with van der Waals surface area (Å²) in [5.41, 5.74) is 2.17. The van der Waals surface area contributed by atoms with E-state index in [-0.39, 0.29) is 11.7 Å². The Morgan fingerprint density at radius 1 is 1.17 bits per heavy atom.